The summed E-state index contributed by atoms with van der Waals surface area (Å²) >= 11 is 0. The summed E-state index contributed by atoms with van der Waals surface area (Å²) in [6, 6.07) is 5.31. The number of carboxylic acids is 1. The molecule has 1 aliphatic heterocycles. The molecule has 1 aromatic rings. The van der Waals surface area contributed by atoms with Crippen LogP contribution in [0, 0.1) is 5.92 Å². The lowest BCUT2D eigenvalue weighted by Gasteiger charge is -2.22. The second-order valence-corrected chi connectivity index (χ2v) is 5.43. The topological polar surface area (TPSA) is 76.1 Å². The number of benzene rings is 1. The molecule has 0 radical (unpaired) electrons. The molecule has 1 amide bonds. The Hall–Kier alpha value is -2.24. The van der Waals surface area contributed by atoms with E-state index in [1.165, 1.54) is 4.90 Å². The molecular weight excluding hydrogens is 274 g/mol. The Labute approximate surface area is 123 Å². The normalized spacial score (nSPS) is 12.5. The summed E-state index contributed by atoms with van der Waals surface area (Å²) in [5, 5.41) is 8.91. The van der Waals surface area contributed by atoms with Crippen molar-refractivity contribution >= 4 is 11.9 Å². The molecule has 1 aliphatic rings. The fourth-order valence-electron chi connectivity index (χ4n) is 2.20. The first-order chi connectivity index (χ1) is 9.95. The van der Waals surface area contributed by atoms with E-state index in [4.69, 9.17) is 14.6 Å². The van der Waals surface area contributed by atoms with Crippen molar-refractivity contribution in [1.29, 1.82) is 0 Å². The number of ether oxygens (including phenoxy) is 2. The number of aliphatic carboxylic acids is 1. The molecule has 1 heterocycles. The minimum absolute atomic E-state index is 0.149. The number of rotatable bonds is 6. The number of carboxylic acid groups (broad SMARTS) is 1. The molecule has 0 aliphatic carbocycles. The second kappa shape index (κ2) is 6.47. The van der Waals surface area contributed by atoms with Gasteiger partial charge in [-0.3, -0.25) is 9.59 Å². The Bertz CT molecular complexity index is 541. The van der Waals surface area contributed by atoms with Gasteiger partial charge in [0.05, 0.1) is 6.42 Å². The van der Waals surface area contributed by atoms with E-state index in [1.807, 2.05) is 13.8 Å². The molecule has 6 nitrogen and oxygen atoms in total. The summed E-state index contributed by atoms with van der Waals surface area (Å²) in [6.07, 6.45) is 0.149. The van der Waals surface area contributed by atoms with Crippen molar-refractivity contribution in [2.24, 2.45) is 5.92 Å². The molecule has 0 atom stereocenters. The third-order valence-electron chi connectivity index (χ3n) is 3.06. The minimum atomic E-state index is -1.00. The van der Waals surface area contributed by atoms with Gasteiger partial charge in [-0.15, -0.1) is 0 Å². The Morgan fingerprint density at radius 2 is 2.00 bits per heavy atom. The Morgan fingerprint density at radius 3 is 2.67 bits per heavy atom. The van der Waals surface area contributed by atoms with E-state index in [0.29, 0.717) is 18.0 Å². The lowest BCUT2D eigenvalue weighted by atomic mass is 10.1. The standard InChI is InChI=1S/C15H19NO5/c1-10(2)7-16(8-15(18)19)14(17)6-11-3-4-12-13(5-11)21-9-20-12/h3-5,10H,6-9H2,1-2H3,(H,18,19). The van der Waals surface area contributed by atoms with Crippen LogP contribution in [-0.4, -0.2) is 41.8 Å². The Morgan fingerprint density at radius 1 is 1.29 bits per heavy atom. The summed E-state index contributed by atoms with van der Waals surface area (Å²) in [7, 11) is 0. The highest BCUT2D eigenvalue weighted by atomic mass is 16.7. The van der Waals surface area contributed by atoms with Gasteiger partial charge in [0.25, 0.3) is 0 Å². The first-order valence-electron chi connectivity index (χ1n) is 6.84. The van der Waals surface area contributed by atoms with Crippen molar-refractivity contribution in [2.45, 2.75) is 20.3 Å². The number of fused-ring (bicyclic) bond motifs is 1. The van der Waals surface area contributed by atoms with Gasteiger partial charge in [0.2, 0.25) is 12.7 Å². The lowest BCUT2D eigenvalue weighted by molar-refractivity contribution is -0.144. The molecule has 21 heavy (non-hydrogen) atoms. The third-order valence-corrected chi connectivity index (χ3v) is 3.06. The summed E-state index contributed by atoms with van der Waals surface area (Å²) in [6.45, 7) is 4.23. The summed E-state index contributed by atoms with van der Waals surface area (Å²) in [5.74, 6) is 0.287. The average Bonchev–Trinajstić information content (AvgIpc) is 2.84. The van der Waals surface area contributed by atoms with Gasteiger partial charge in [-0.2, -0.15) is 0 Å². The fourth-order valence-corrected chi connectivity index (χ4v) is 2.20. The maximum Gasteiger partial charge on any atom is 0.323 e. The Balaban J connectivity index is 2.05. The second-order valence-electron chi connectivity index (χ2n) is 5.43. The fraction of sp³-hybridized carbons (Fsp3) is 0.467. The van der Waals surface area contributed by atoms with Crippen molar-refractivity contribution in [3.63, 3.8) is 0 Å². The van der Waals surface area contributed by atoms with Crippen molar-refractivity contribution in [2.75, 3.05) is 19.9 Å². The quantitative estimate of drug-likeness (QED) is 0.860. The predicted molar refractivity (Wildman–Crippen MR) is 75.3 cm³/mol. The monoisotopic (exact) mass is 293 g/mol. The van der Waals surface area contributed by atoms with Crippen molar-refractivity contribution in [1.82, 2.24) is 4.90 Å². The molecule has 0 saturated carbocycles. The largest absolute Gasteiger partial charge is 0.480 e. The van der Waals surface area contributed by atoms with E-state index in [-0.39, 0.29) is 31.6 Å². The average molecular weight is 293 g/mol. The van der Waals surface area contributed by atoms with E-state index in [1.54, 1.807) is 18.2 Å². The van der Waals surface area contributed by atoms with E-state index >= 15 is 0 Å². The molecule has 0 bridgehead atoms. The van der Waals surface area contributed by atoms with Crippen LogP contribution in [-0.2, 0) is 16.0 Å². The van der Waals surface area contributed by atoms with Gasteiger partial charge in [0, 0.05) is 6.54 Å². The van der Waals surface area contributed by atoms with Crippen LogP contribution in [0.2, 0.25) is 0 Å². The van der Waals surface area contributed by atoms with Crippen molar-refractivity contribution in [3.8, 4) is 11.5 Å². The van der Waals surface area contributed by atoms with Gasteiger partial charge in [-0.1, -0.05) is 19.9 Å². The third kappa shape index (κ3) is 4.11. The highest BCUT2D eigenvalue weighted by Crippen LogP contribution is 2.32. The molecule has 0 fully saturated rings. The highest BCUT2D eigenvalue weighted by Gasteiger charge is 2.20. The summed E-state index contributed by atoms with van der Waals surface area (Å²) in [5.41, 5.74) is 0.781. The van der Waals surface area contributed by atoms with Crippen LogP contribution in [0.4, 0.5) is 0 Å². The molecule has 0 saturated heterocycles. The number of nitrogens with zero attached hydrogens (tertiary/aromatic N) is 1. The van der Waals surface area contributed by atoms with Crippen LogP contribution in [0.25, 0.3) is 0 Å². The van der Waals surface area contributed by atoms with E-state index in [2.05, 4.69) is 0 Å². The minimum Gasteiger partial charge on any atom is -0.480 e. The maximum atomic E-state index is 12.3. The van der Waals surface area contributed by atoms with Crippen LogP contribution in [0.15, 0.2) is 18.2 Å². The molecule has 0 spiro atoms. The number of carbonyl (C=O) groups excluding carboxylic acids is 1. The van der Waals surface area contributed by atoms with E-state index in [0.717, 1.165) is 5.56 Å². The first kappa shape index (κ1) is 15.2. The lowest BCUT2D eigenvalue weighted by Crippen LogP contribution is -2.39. The zero-order chi connectivity index (χ0) is 15.4. The zero-order valence-electron chi connectivity index (χ0n) is 12.2. The van der Waals surface area contributed by atoms with Crippen LogP contribution >= 0.6 is 0 Å². The van der Waals surface area contributed by atoms with Crippen LogP contribution < -0.4 is 9.47 Å². The number of amides is 1. The van der Waals surface area contributed by atoms with Crippen LogP contribution in [0.5, 0.6) is 11.5 Å². The van der Waals surface area contributed by atoms with Gasteiger partial charge >= 0.3 is 5.97 Å². The van der Waals surface area contributed by atoms with Crippen LogP contribution in [0.1, 0.15) is 19.4 Å². The van der Waals surface area contributed by atoms with Gasteiger partial charge in [0.1, 0.15) is 6.54 Å². The van der Waals surface area contributed by atoms with Crippen molar-refractivity contribution < 1.29 is 24.2 Å². The number of hydrogen-bond donors (Lipinski definition) is 1. The first-order valence-corrected chi connectivity index (χ1v) is 6.84. The molecule has 0 aromatic heterocycles. The van der Waals surface area contributed by atoms with Gasteiger partial charge in [-0.25, -0.2) is 0 Å². The summed E-state index contributed by atoms with van der Waals surface area (Å²) in [4.78, 5) is 24.5. The van der Waals surface area contributed by atoms with Gasteiger partial charge < -0.3 is 19.5 Å². The van der Waals surface area contributed by atoms with Gasteiger partial charge in [0.15, 0.2) is 11.5 Å². The maximum absolute atomic E-state index is 12.3. The number of hydrogen-bond acceptors (Lipinski definition) is 4. The number of carbonyl (C=O) groups is 2. The predicted octanol–water partition coefficient (Wildman–Crippen LogP) is 1.53. The molecular formula is C15H19NO5. The Kier molecular flexibility index (Phi) is 4.67. The SMILES string of the molecule is CC(C)CN(CC(=O)O)C(=O)Cc1ccc2c(c1)OCO2. The molecule has 1 N–H and O–H groups in total. The molecule has 2 rings (SSSR count). The highest BCUT2D eigenvalue weighted by molar-refractivity contribution is 5.83. The molecule has 1 aromatic carbocycles. The van der Waals surface area contributed by atoms with Crippen LogP contribution in [0.3, 0.4) is 0 Å². The molecule has 6 heteroatoms. The zero-order valence-corrected chi connectivity index (χ0v) is 12.2. The smallest absolute Gasteiger partial charge is 0.323 e. The molecule has 114 valence electrons. The van der Waals surface area contributed by atoms with E-state index < -0.39 is 5.97 Å². The van der Waals surface area contributed by atoms with E-state index in [9.17, 15) is 9.59 Å². The summed E-state index contributed by atoms with van der Waals surface area (Å²) < 4.78 is 10.5. The molecule has 0 unspecified atom stereocenters. The van der Waals surface area contributed by atoms with Crippen molar-refractivity contribution in [3.05, 3.63) is 23.8 Å². The van der Waals surface area contributed by atoms with Gasteiger partial charge in [-0.05, 0) is 23.6 Å².